The molecule has 0 radical (unpaired) electrons. The average molecular weight is 423 g/mol. The fourth-order valence-electron chi connectivity index (χ4n) is 4.70. The Morgan fingerprint density at radius 1 is 1.17 bits per heavy atom. The Kier molecular flexibility index (Phi) is 7.02. The summed E-state index contributed by atoms with van der Waals surface area (Å²) in [6.45, 7) is 10.2. The van der Waals surface area contributed by atoms with Crippen LogP contribution in [-0.4, -0.2) is 56.9 Å². The Morgan fingerprint density at radius 3 is 2.45 bits per heavy atom. The van der Waals surface area contributed by atoms with Gasteiger partial charge in [0.15, 0.2) is 6.04 Å². The van der Waals surface area contributed by atoms with Gasteiger partial charge in [-0.15, -0.1) is 0 Å². The monoisotopic (exact) mass is 422 g/mol. The molecule has 1 amide bonds. The van der Waals surface area contributed by atoms with Crippen molar-refractivity contribution < 1.29 is 18.1 Å². The number of sulfonamides is 1. The molecule has 0 bridgehead atoms. The van der Waals surface area contributed by atoms with Crippen LogP contribution in [0.1, 0.15) is 50.7 Å². The molecular weight excluding hydrogens is 386 g/mol. The molecule has 1 aliphatic carbocycles. The second kappa shape index (κ2) is 9.14. The van der Waals surface area contributed by atoms with E-state index in [0.29, 0.717) is 37.0 Å². The van der Waals surface area contributed by atoms with E-state index >= 15 is 0 Å². The number of carbonyl (C=O) groups is 1. The molecule has 3 rings (SSSR count). The first-order chi connectivity index (χ1) is 13.7. The quantitative estimate of drug-likeness (QED) is 0.751. The lowest BCUT2D eigenvalue weighted by Gasteiger charge is -2.36. The zero-order valence-corrected chi connectivity index (χ0v) is 19.0. The minimum absolute atomic E-state index is 0.101. The van der Waals surface area contributed by atoms with Crippen molar-refractivity contribution in [2.24, 2.45) is 5.92 Å². The molecule has 0 aromatic heterocycles. The minimum atomic E-state index is -3.49. The zero-order chi connectivity index (χ0) is 21.2. The molecular formula is C22H36N3O3S+. The van der Waals surface area contributed by atoms with E-state index in [2.05, 4.69) is 12.2 Å². The number of piperazine rings is 1. The lowest BCUT2D eigenvalue weighted by atomic mass is 9.86. The Morgan fingerprint density at radius 2 is 1.83 bits per heavy atom. The number of quaternary nitrogens is 1. The summed E-state index contributed by atoms with van der Waals surface area (Å²) in [5, 5.41) is 3.25. The average Bonchev–Trinajstić information content (AvgIpc) is 2.69. The summed E-state index contributed by atoms with van der Waals surface area (Å²) >= 11 is 0. The number of aryl methyl sites for hydroxylation is 2. The number of carbonyl (C=O) groups excluding carboxylic acids is 1. The van der Waals surface area contributed by atoms with Crippen LogP contribution < -0.4 is 10.2 Å². The predicted octanol–water partition coefficient (Wildman–Crippen LogP) is 1.28. The normalized spacial score (nSPS) is 25.5. The summed E-state index contributed by atoms with van der Waals surface area (Å²) in [5.74, 6) is 0.638. The van der Waals surface area contributed by atoms with Gasteiger partial charge in [-0.25, -0.2) is 8.42 Å². The first-order valence-corrected chi connectivity index (χ1v) is 12.4. The number of hydrogen-bond acceptors (Lipinski definition) is 3. The van der Waals surface area contributed by atoms with Crippen molar-refractivity contribution >= 4 is 15.9 Å². The van der Waals surface area contributed by atoms with E-state index in [0.717, 1.165) is 22.4 Å². The standard InChI is InChI=1S/C22H35N3O3S/c1-16-9-10-21(18(3)15-16)29(27,28)25-13-11-24(12-14-25)19(4)22(26)23-20-8-6-5-7-17(20)2/h9-10,15,17,19-20H,5-8,11-14H2,1-4H3,(H,23,26)/p+1/t17-,19+,20-/m0/s1. The SMILES string of the molecule is Cc1ccc(S(=O)(=O)N2CC[NH+]([C@H](C)C(=O)N[C@H]3CCCC[C@@H]3C)CC2)c(C)c1. The van der Waals surface area contributed by atoms with Gasteiger partial charge in [-0.1, -0.05) is 37.5 Å². The van der Waals surface area contributed by atoms with Crippen molar-refractivity contribution in [3.05, 3.63) is 29.3 Å². The molecule has 7 heteroatoms. The van der Waals surface area contributed by atoms with Crippen LogP contribution in [0.4, 0.5) is 0 Å². The highest BCUT2D eigenvalue weighted by molar-refractivity contribution is 7.89. The molecule has 1 aromatic rings. The molecule has 1 aliphatic heterocycles. The molecule has 6 nitrogen and oxygen atoms in total. The molecule has 1 saturated carbocycles. The number of nitrogens with one attached hydrogen (secondary N) is 2. The van der Waals surface area contributed by atoms with E-state index in [1.54, 1.807) is 10.4 Å². The summed E-state index contributed by atoms with van der Waals surface area (Å²) in [6.07, 6.45) is 4.69. The van der Waals surface area contributed by atoms with Gasteiger partial charge in [0.05, 0.1) is 31.1 Å². The first kappa shape index (κ1) is 22.2. The molecule has 162 valence electrons. The maximum Gasteiger partial charge on any atom is 0.278 e. The minimum Gasteiger partial charge on any atom is -0.348 e. The molecule has 2 fully saturated rings. The Bertz CT molecular complexity index is 832. The second-order valence-electron chi connectivity index (χ2n) is 8.93. The van der Waals surface area contributed by atoms with Crippen molar-refractivity contribution in [1.82, 2.24) is 9.62 Å². The van der Waals surface area contributed by atoms with Gasteiger partial charge < -0.3 is 10.2 Å². The van der Waals surface area contributed by atoms with Gasteiger partial charge in [0, 0.05) is 6.04 Å². The van der Waals surface area contributed by atoms with Crippen LogP contribution in [0.15, 0.2) is 23.1 Å². The highest BCUT2D eigenvalue weighted by Gasteiger charge is 2.36. The first-order valence-electron chi connectivity index (χ1n) is 10.9. The van der Waals surface area contributed by atoms with E-state index < -0.39 is 10.0 Å². The summed E-state index contributed by atoms with van der Waals surface area (Å²) in [5.41, 5.74) is 1.84. The van der Waals surface area contributed by atoms with Crippen molar-refractivity contribution in [1.29, 1.82) is 0 Å². The van der Waals surface area contributed by atoms with E-state index in [9.17, 15) is 13.2 Å². The summed E-state index contributed by atoms with van der Waals surface area (Å²) in [6, 6.07) is 5.59. The highest BCUT2D eigenvalue weighted by atomic mass is 32.2. The lowest BCUT2D eigenvalue weighted by molar-refractivity contribution is -0.917. The van der Waals surface area contributed by atoms with Crippen LogP contribution in [0.3, 0.4) is 0 Å². The van der Waals surface area contributed by atoms with Crippen molar-refractivity contribution in [3.63, 3.8) is 0 Å². The smallest absolute Gasteiger partial charge is 0.278 e. The molecule has 2 aliphatic rings. The third kappa shape index (κ3) is 5.01. The van der Waals surface area contributed by atoms with Crippen LogP contribution >= 0.6 is 0 Å². The van der Waals surface area contributed by atoms with Gasteiger partial charge in [-0.05, 0) is 51.2 Å². The van der Waals surface area contributed by atoms with Crippen molar-refractivity contribution in [2.45, 2.75) is 70.4 Å². The molecule has 0 spiro atoms. The molecule has 1 saturated heterocycles. The van der Waals surface area contributed by atoms with Crippen molar-refractivity contribution in [2.75, 3.05) is 26.2 Å². The van der Waals surface area contributed by atoms with E-state index in [-0.39, 0.29) is 18.0 Å². The predicted molar refractivity (Wildman–Crippen MR) is 114 cm³/mol. The van der Waals surface area contributed by atoms with Gasteiger partial charge in [0.2, 0.25) is 10.0 Å². The third-order valence-electron chi connectivity index (χ3n) is 6.76. The fourth-order valence-corrected chi connectivity index (χ4v) is 6.35. The molecule has 2 N–H and O–H groups in total. The van der Waals surface area contributed by atoms with E-state index in [4.69, 9.17) is 0 Å². The zero-order valence-electron chi connectivity index (χ0n) is 18.2. The van der Waals surface area contributed by atoms with Gasteiger partial charge in [0.1, 0.15) is 0 Å². The van der Waals surface area contributed by atoms with E-state index in [1.165, 1.54) is 19.3 Å². The van der Waals surface area contributed by atoms with Crippen LogP contribution in [0.25, 0.3) is 0 Å². The number of amides is 1. The van der Waals surface area contributed by atoms with Gasteiger partial charge in [-0.2, -0.15) is 4.31 Å². The van der Waals surface area contributed by atoms with Gasteiger partial charge in [-0.3, -0.25) is 4.79 Å². The van der Waals surface area contributed by atoms with E-state index in [1.807, 2.05) is 32.9 Å². The number of hydrogen-bond donors (Lipinski definition) is 2. The summed E-state index contributed by atoms with van der Waals surface area (Å²) < 4.78 is 27.7. The topological polar surface area (TPSA) is 70.9 Å². The third-order valence-corrected chi connectivity index (χ3v) is 8.82. The highest BCUT2D eigenvalue weighted by Crippen LogP contribution is 2.24. The number of nitrogens with zero attached hydrogens (tertiary/aromatic N) is 1. The molecule has 29 heavy (non-hydrogen) atoms. The number of rotatable bonds is 5. The van der Waals surface area contributed by atoms with Gasteiger partial charge in [0.25, 0.3) is 5.91 Å². The van der Waals surface area contributed by atoms with Gasteiger partial charge >= 0.3 is 0 Å². The van der Waals surface area contributed by atoms with Crippen LogP contribution in [0, 0.1) is 19.8 Å². The van der Waals surface area contributed by atoms with Crippen LogP contribution in [0.5, 0.6) is 0 Å². The van der Waals surface area contributed by atoms with Crippen molar-refractivity contribution in [3.8, 4) is 0 Å². The Hall–Kier alpha value is -1.44. The summed E-state index contributed by atoms with van der Waals surface area (Å²) in [7, 11) is -3.49. The second-order valence-corrected chi connectivity index (χ2v) is 10.8. The largest absolute Gasteiger partial charge is 0.348 e. The fraction of sp³-hybridized carbons (Fsp3) is 0.682. The maximum atomic E-state index is 13.1. The lowest BCUT2D eigenvalue weighted by Crippen LogP contribution is -3.19. The number of benzene rings is 1. The maximum absolute atomic E-state index is 13.1. The molecule has 1 aromatic carbocycles. The van der Waals surface area contributed by atoms with Crippen LogP contribution in [0.2, 0.25) is 0 Å². The molecule has 3 atom stereocenters. The molecule has 1 heterocycles. The summed E-state index contributed by atoms with van der Waals surface area (Å²) in [4.78, 5) is 14.3. The Labute approximate surface area is 175 Å². The molecule has 0 unspecified atom stereocenters. The Balaban J connectivity index is 1.58. The van der Waals surface area contributed by atoms with Crippen LogP contribution in [-0.2, 0) is 14.8 Å².